The summed E-state index contributed by atoms with van der Waals surface area (Å²) in [6, 6.07) is 12.9. The van der Waals surface area contributed by atoms with E-state index < -0.39 is 0 Å². The van der Waals surface area contributed by atoms with Gasteiger partial charge in [-0.3, -0.25) is 4.98 Å². The van der Waals surface area contributed by atoms with Crippen molar-refractivity contribution in [2.75, 3.05) is 0 Å². The number of tetrazole rings is 1. The maximum Gasteiger partial charge on any atom is 0.206 e. The minimum absolute atomic E-state index is 0.239. The van der Waals surface area contributed by atoms with Crippen molar-refractivity contribution < 1.29 is 0 Å². The van der Waals surface area contributed by atoms with E-state index in [0.717, 1.165) is 58.8 Å². The van der Waals surface area contributed by atoms with Gasteiger partial charge in [0.2, 0.25) is 5.82 Å². The first-order valence-corrected chi connectivity index (χ1v) is 11.3. The fourth-order valence-corrected chi connectivity index (χ4v) is 5.10. The van der Waals surface area contributed by atoms with Gasteiger partial charge in [0.1, 0.15) is 11.3 Å². The molecule has 8 heteroatoms. The van der Waals surface area contributed by atoms with Crippen molar-refractivity contribution in [3.05, 3.63) is 70.8 Å². The lowest BCUT2D eigenvalue weighted by Gasteiger charge is -2.18. The summed E-state index contributed by atoms with van der Waals surface area (Å²) in [5, 5.41) is 14.5. The SMILES string of the molecule is CCc1nc2c(C)cc(C)nc2n1C1CCc2cc(-c3ncccc3-c3nn[nH]n3)ccc21. The lowest BCUT2D eigenvalue weighted by molar-refractivity contribution is 0.566. The van der Waals surface area contributed by atoms with Crippen LogP contribution in [-0.2, 0) is 12.8 Å². The Morgan fingerprint density at radius 1 is 1.12 bits per heavy atom. The summed E-state index contributed by atoms with van der Waals surface area (Å²) in [7, 11) is 0. The van der Waals surface area contributed by atoms with E-state index in [4.69, 9.17) is 9.97 Å². The van der Waals surface area contributed by atoms with Gasteiger partial charge in [0.15, 0.2) is 5.65 Å². The molecule has 4 aromatic heterocycles. The van der Waals surface area contributed by atoms with Crippen molar-refractivity contribution in [3.63, 3.8) is 0 Å². The van der Waals surface area contributed by atoms with E-state index in [0.29, 0.717) is 5.82 Å². The largest absolute Gasteiger partial charge is 0.305 e. The number of fused-ring (bicyclic) bond motifs is 2. The number of hydrogen-bond donors (Lipinski definition) is 1. The van der Waals surface area contributed by atoms with Gasteiger partial charge < -0.3 is 4.57 Å². The van der Waals surface area contributed by atoms with Gasteiger partial charge in [-0.1, -0.05) is 19.1 Å². The molecule has 1 aliphatic carbocycles. The predicted octanol–water partition coefficient (Wildman–Crippen LogP) is 4.39. The van der Waals surface area contributed by atoms with Gasteiger partial charge in [0.25, 0.3) is 0 Å². The third kappa shape index (κ3) is 3.13. The highest BCUT2D eigenvalue weighted by Crippen LogP contribution is 2.40. The van der Waals surface area contributed by atoms with Crippen LogP contribution >= 0.6 is 0 Å². The van der Waals surface area contributed by atoms with Crippen LogP contribution in [0.15, 0.2) is 42.6 Å². The Morgan fingerprint density at radius 2 is 2.03 bits per heavy atom. The van der Waals surface area contributed by atoms with Crippen LogP contribution in [0.2, 0.25) is 0 Å². The van der Waals surface area contributed by atoms with Crippen LogP contribution in [0.25, 0.3) is 33.8 Å². The summed E-state index contributed by atoms with van der Waals surface area (Å²) in [4.78, 5) is 14.5. The molecular weight excluding hydrogens is 412 g/mol. The molecule has 1 aromatic carbocycles. The maximum atomic E-state index is 4.96. The van der Waals surface area contributed by atoms with Crippen LogP contribution in [0.4, 0.5) is 0 Å². The van der Waals surface area contributed by atoms with E-state index in [2.05, 4.69) is 75.2 Å². The first kappa shape index (κ1) is 19.7. The fourth-order valence-electron chi connectivity index (χ4n) is 5.10. The third-order valence-corrected chi connectivity index (χ3v) is 6.52. The first-order valence-electron chi connectivity index (χ1n) is 11.3. The summed E-state index contributed by atoms with van der Waals surface area (Å²) in [6.45, 7) is 6.34. The minimum atomic E-state index is 0.239. The number of H-pyrrole nitrogens is 1. The molecule has 4 heterocycles. The van der Waals surface area contributed by atoms with E-state index in [-0.39, 0.29) is 6.04 Å². The van der Waals surface area contributed by atoms with Crippen molar-refractivity contribution in [3.8, 4) is 22.6 Å². The lowest BCUT2D eigenvalue weighted by Crippen LogP contribution is -2.11. The number of aromatic nitrogens is 8. The number of nitrogens with zero attached hydrogens (tertiary/aromatic N) is 7. The molecule has 0 spiro atoms. The molecule has 1 atom stereocenters. The molecular formula is C25H24N8. The van der Waals surface area contributed by atoms with Crippen molar-refractivity contribution in [2.24, 2.45) is 0 Å². The number of aryl methyl sites for hydroxylation is 4. The normalized spacial score (nSPS) is 15.3. The molecule has 0 radical (unpaired) electrons. The molecule has 164 valence electrons. The summed E-state index contributed by atoms with van der Waals surface area (Å²) >= 11 is 0. The molecule has 0 amide bonds. The number of benzene rings is 1. The number of rotatable bonds is 4. The highest BCUT2D eigenvalue weighted by molar-refractivity contribution is 5.78. The fraction of sp³-hybridized carbons (Fsp3) is 0.280. The second-order valence-corrected chi connectivity index (χ2v) is 8.61. The van der Waals surface area contributed by atoms with Crippen LogP contribution < -0.4 is 0 Å². The molecule has 0 fully saturated rings. The number of hydrogen-bond acceptors (Lipinski definition) is 6. The molecule has 0 saturated carbocycles. The van der Waals surface area contributed by atoms with Crippen molar-refractivity contribution in [1.82, 2.24) is 40.1 Å². The third-order valence-electron chi connectivity index (χ3n) is 6.52. The standard InChI is InChI=1S/C25H24N8/c1-4-21-28-22-14(2)12-15(3)27-25(22)33(21)20-10-8-16-13-17(7-9-18(16)20)23-19(6-5-11-26-23)24-29-31-32-30-24/h5-7,9,11-13,20H,4,8,10H2,1-3H3,(H,29,30,31,32). The van der Waals surface area contributed by atoms with E-state index in [9.17, 15) is 0 Å². The number of nitrogens with one attached hydrogen (secondary N) is 1. The minimum Gasteiger partial charge on any atom is -0.305 e. The van der Waals surface area contributed by atoms with Crippen molar-refractivity contribution in [1.29, 1.82) is 0 Å². The maximum absolute atomic E-state index is 4.96. The molecule has 8 nitrogen and oxygen atoms in total. The van der Waals surface area contributed by atoms with Gasteiger partial charge >= 0.3 is 0 Å². The van der Waals surface area contributed by atoms with Crippen LogP contribution in [0.3, 0.4) is 0 Å². The highest BCUT2D eigenvalue weighted by atomic mass is 15.5. The van der Waals surface area contributed by atoms with E-state index in [1.807, 2.05) is 12.1 Å². The van der Waals surface area contributed by atoms with Gasteiger partial charge in [0, 0.05) is 29.4 Å². The topological polar surface area (TPSA) is 98.1 Å². The second-order valence-electron chi connectivity index (χ2n) is 8.61. The smallest absolute Gasteiger partial charge is 0.206 e. The second kappa shape index (κ2) is 7.58. The zero-order valence-corrected chi connectivity index (χ0v) is 18.9. The number of aromatic amines is 1. The quantitative estimate of drug-likeness (QED) is 0.449. The Bertz CT molecular complexity index is 1480. The van der Waals surface area contributed by atoms with Crippen molar-refractivity contribution in [2.45, 2.75) is 46.1 Å². The van der Waals surface area contributed by atoms with E-state index in [1.54, 1.807) is 6.20 Å². The number of imidazole rings is 1. The summed E-state index contributed by atoms with van der Waals surface area (Å²) in [5.41, 5.74) is 9.69. The van der Waals surface area contributed by atoms with E-state index in [1.165, 1.54) is 16.7 Å². The van der Waals surface area contributed by atoms with Gasteiger partial charge in [-0.15, -0.1) is 10.2 Å². The Labute approximate surface area is 191 Å². The molecule has 1 N–H and O–H groups in total. The van der Waals surface area contributed by atoms with Gasteiger partial charge in [-0.05, 0) is 72.9 Å². The van der Waals surface area contributed by atoms with Gasteiger partial charge in [0.05, 0.1) is 11.7 Å². The molecule has 0 aliphatic heterocycles. The molecule has 0 saturated heterocycles. The Kier molecular flexibility index (Phi) is 4.53. The molecule has 1 unspecified atom stereocenters. The zero-order chi connectivity index (χ0) is 22.5. The zero-order valence-electron chi connectivity index (χ0n) is 18.9. The predicted molar refractivity (Wildman–Crippen MR) is 126 cm³/mol. The van der Waals surface area contributed by atoms with Gasteiger partial charge in [-0.2, -0.15) is 5.21 Å². The van der Waals surface area contributed by atoms with Crippen LogP contribution in [0.5, 0.6) is 0 Å². The van der Waals surface area contributed by atoms with Crippen LogP contribution in [0, 0.1) is 13.8 Å². The average Bonchev–Trinajstić information content (AvgIpc) is 3.57. The Balaban J connectivity index is 1.46. The Morgan fingerprint density at radius 3 is 2.85 bits per heavy atom. The monoisotopic (exact) mass is 436 g/mol. The number of pyridine rings is 2. The summed E-state index contributed by atoms with van der Waals surface area (Å²) < 4.78 is 2.37. The Hall–Kier alpha value is -3.94. The molecule has 6 rings (SSSR count). The van der Waals surface area contributed by atoms with Crippen LogP contribution in [-0.4, -0.2) is 40.1 Å². The van der Waals surface area contributed by atoms with E-state index >= 15 is 0 Å². The lowest BCUT2D eigenvalue weighted by atomic mass is 9.99. The molecule has 33 heavy (non-hydrogen) atoms. The summed E-state index contributed by atoms with van der Waals surface area (Å²) in [6.07, 6.45) is 4.72. The molecule has 5 aromatic rings. The van der Waals surface area contributed by atoms with Gasteiger partial charge in [-0.25, -0.2) is 9.97 Å². The summed E-state index contributed by atoms with van der Waals surface area (Å²) in [5.74, 6) is 1.64. The van der Waals surface area contributed by atoms with Crippen LogP contribution in [0.1, 0.15) is 47.6 Å². The first-order chi connectivity index (χ1) is 16.1. The highest BCUT2D eigenvalue weighted by Gasteiger charge is 2.29. The molecule has 0 bridgehead atoms. The average molecular weight is 437 g/mol. The van der Waals surface area contributed by atoms with Crippen molar-refractivity contribution >= 4 is 11.2 Å². The molecule has 1 aliphatic rings.